The molecule has 0 unspecified atom stereocenters. The van der Waals surface area contributed by atoms with Gasteiger partial charge in [-0.05, 0) is 37.1 Å². The van der Waals surface area contributed by atoms with Crippen LogP contribution in [-0.2, 0) is 20.1 Å². The predicted molar refractivity (Wildman–Crippen MR) is 127 cm³/mol. The van der Waals surface area contributed by atoms with E-state index in [9.17, 15) is 9.59 Å². The summed E-state index contributed by atoms with van der Waals surface area (Å²) in [5.74, 6) is 1.44. The summed E-state index contributed by atoms with van der Waals surface area (Å²) in [5, 5.41) is 0. The number of benzene rings is 2. The lowest BCUT2D eigenvalue weighted by molar-refractivity contribution is 0.414. The molecule has 0 N–H and O–H groups in total. The lowest BCUT2D eigenvalue weighted by Crippen LogP contribution is -2.39. The van der Waals surface area contributed by atoms with Gasteiger partial charge < -0.3 is 9.30 Å². The largest absolute Gasteiger partial charge is 0.497 e. The first kappa shape index (κ1) is 20.8. The molecule has 8 heteroatoms. The van der Waals surface area contributed by atoms with E-state index in [1.807, 2.05) is 72.8 Å². The molecule has 0 radical (unpaired) electrons. The molecule has 33 heavy (non-hydrogen) atoms. The molecule has 0 fully saturated rings. The molecule has 3 aromatic heterocycles. The molecule has 0 aliphatic heterocycles. The molecule has 0 aliphatic rings. The van der Waals surface area contributed by atoms with Crippen molar-refractivity contribution in [2.45, 2.75) is 26.9 Å². The second kappa shape index (κ2) is 7.81. The van der Waals surface area contributed by atoms with E-state index < -0.39 is 0 Å². The smallest absolute Gasteiger partial charge is 0.332 e. The monoisotopic (exact) mass is 443 g/mol. The molecule has 0 saturated heterocycles. The van der Waals surface area contributed by atoms with Gasteiger partial charge in [0.2, 0.25) is 5.78 Å². The Morgan fingerprint density at radius 1 is 0.848 bits per heavy atom. The Bertz CT molecular complexity index is 1600. The van der Waals surface area contributed by atoms with Crippen LogP contribution in [0, 0.1) is 13.8 Å². The van der Waals surface area contributed by atoms with Gasteiger partial charge in [-0.3, -0.25) is 18.3 Å². The van der Waals surface area contributed by atoms with E-state index in [2.05, 4.69) is 4.57 Å². The first-order valence-electron chi connectivity index (χ1n) is 10.7. The minimum Gasteiger partial charge on any atom is -0.497 e. The van der Waals surface area contributed by atoms with Crippen LogP contribution < -0.4 is 16.0 Å². The third kappa shape index (κ3) is 3.26. The fourth-order valence-corrected chi connectivity index (χ4v) is 4.32. The van der Waals surface area contributed by atoms with E-state index in [1.165, 1.54) is 9.13 Å². The van der Waals surface area contributed by atoms with E-state index in [0.717, 1.165) is 28.3 Å². The van der Waals surface area contributed by atoms with Crippen LogP contribution in [0.15, 0.2) is 64.2 Å². The standard InChI is InChI=1S/C25H25N5O3/c1-16-17(2)30-21-22(26-24(30)28(16)14-19-10-12-20(33-4)13-11-19)27(3)25(32)29(23(21)31)15-18-8-6-5-7-9-18/h5-13H,14-15H2,1-4H3. The van der Waals surface area contributed by atoms with E-state index >= 15 is 0 Å². The number of aromatic nitrogens is 5. The van der Waals surface area contributed by atoms with Crippen molar-refractivity contribution in [3.05, 3.63) is 98.0 Å². The predicted octanol–water partition coefficient (Wildman–Crippen LogP) is 2.87. The van der Waals surface area contributed by atoms with Gasteiger partial charge in [0.1, 0.15) is 5.75 Å². The number of aryl methyl sites for hydroxylation is 2. The van der Waals surface area contributed by atoms with E-state index in [1.54, 1.807) is 14.2 Å². The molecule has 5 rings (SSSR count). The molecule has 0 bridgehead atoms. The molecule has 5 aromatic rings. The van der Waals surface area contributed by atoms with Crippen LogP contribution in [0.25, 0.3) is 16.9 Å². The highest BCUT2D eigenvalue weighted by Crippen LogP contribution is 2.22. The van der Waals surface area contributed by atoms with Crippen molar-refractivity contribution in [3.8, 4) is 5.75 Å². The number of imidazole rings is 2. The number of fused-ring (bicyclic) bond motifs is 3. The number of hydrogen-bond acceptors (Lipinski definition) is 4. The number of nitrogens with zero attached hydrogens (tertiary/aromatic N) is 5. The van der Waals surface area contributed by atoms with Crippen LogP contribution in [0.4, 0.5) is 0 Å². The van der Waals surface area contributed by atoms with Crippen molar-refractivity contribution in [1.29, 1.82) is 0 Å². The van der Waals surface area contributed by atoms with Gasteiger partial charge in [-0.1, -0.05) is 42.5 Å². The lowest BCUT2D eigenvalue weighted by atomic mass is 10.2. The second-order valence-corrected chi connectivity index (χ2v) is 8.24. The van der Waals surface area contributed by atoms with Crippen molar-refractivity contribution in [2.75, 3.05) is 7.11 Å². The SMILES string of the molecule is COc1ccc(Cn2c(C)c(C)n3c4c(=O)n(Cc5ccccc5)c(=O)n(C)c4nc23)cc1. The molecule has 2 aromatic carbocycles. The quantitative estimate of drug-likeness (QED) is 0.419. The summed E-state index contributed by atoms with van der Waals surface area (Å²) in [5.41, 5.74) is 3.98. The minimum atomic E-state index is -0.381. The van der Waals surface area contributed by atoms with Crippen molar-refractivity contribution >= 4 is 16.9 Å². The van der Waals surface area contributed by atoms with Gasteiger partial charge >= 0.3 is 5.69 Å². The Morgan fingerprint density at radius 3 is 2.15 bits per heavy atom. The molecule has 0 saturated carbocycles. The first-order valence-corrected chi connectivity index (χ1v) is 10.7. The van der Waals surface area contributed by atoms with Crippen LogP contribution in [0.5, 0.6) is 5.75 Å². The average molecular weight is 444 g/mol. The minimum absolute atomic E-state index is 0.208. The molecule has 0 spiro atoms. The van der Waals surface area contributed by atoms with Crippen LogP contribution in [-0.4, -0.2) is 30.2 Å². The van der Waals surface area contributed by atoms with Crippen molar-refractivity contribution in [3.63, 3.8) is 0 Å². The summed E-state index contributed by atoms with van der Waals surface area (Å²) in [4.78, 5) is 31.3. The van der Waals surface area contributed by atoms with Crippen LogP contribution in [0.1, 0.15) is 22.5 Å². The Balaban J connectivity index is 1.72. The van der Waals surface area contributed by atoms with Crippen molar-refractivity contribution in [1.82, 2.24) is 23.1 Å². The average Bonchev–Trinajstić information content (AvgIpc) is 3.33. The molecule has 0 amide bonds. The number of rotatable bonds is 5. The van der Waals surface area contributed by atoms with Crippen LogP contribution in [0.2, 0.25) is 0 Å². The molecule has 8 nitrogen and oxygen atoms in total. The summed E-state index contributed by atoms with van der Waals surface area (Å²) >= 11 is 0. The zero-order valence-electron chi connectivity index (χ0n) is 19.1. The Hall–Kier alpha value is -4.07. The second-order valence-electron chi connectivity index (χ2n) is 8.24. The lowest BCUT2D eigenvalue weighted by Gasteiger charge is -2.09. The molecular formula is C25H25N5O3. The maximum Gasteiger partial charge on any atom is 0.332 e. The van der Waals surface area contributed by atoms with Gasteiger partial charge in [-0.15, -0.1) is 0 Å². The number of ether oxygens (including phenoxy) is 1. The highest BCUT2D eigenvalue weighted by atomic mass is 16.5. The maximum atomic E-state index is 13.5. The van der Waals surface area contributed by atoms with Crippen LogP contribution in [0.3, 0.4) is 0 Å². The van der Waals surface area contributed by atoms with E-state index in [0.29, 0.717) is 23.5 Å². The highest BCUT2D eigenvalue weighted by molar-refractivity contribution is 5.76. The van der Waals surface area contributed by atoms with Crippen molar-refractivity contribution in [2.24, 2.45) is 7.05 Å². The van der Waals surface area contributed by atoms with Gasteiger partial charge in [-0.2, -0.15) is 4.98 Å². The van der Waals surface area contributed by atoms with Gasteiger partial charge in [0.25, 0.3) is 5.56 Å². The molecule has 0 atom stereocenters. The molecular weight excluding hydrogens is 418 g/mol. The van der Waals surface area contributed by atoms with Gasteiger partial charge in [0.15, 0.2) is 11.2 Å². The van der Waals surface area contributed by atoms with Crippen LogP contribution >= 0.6 is 0 Å². The maximum absolute atomic E-state index is 13.5. The third-order valence-corrected chi connectivity index (χ3v) is 6.31. The Kier molecular flexibility index (Phi) is 4.92. The fraction of sp³-hybridized carbons (Fsp3) is 0.240. The number of hydrogen-bond donors (Lipinski definition) is 0. The zero-order chi connectivity index (χ0) is 23.3. The van der Waals surface area contributed by atoms with Gasteiger partial charge in [0, 0.05) is 18.4 Å². The summed E-state index contributed by atoms with van der Waals surface area (Å²) < 4.78 is 11.9. The van der Waals surface area contributed by atoms with E-state index in [-0.39, 0.29) is 17.8 Å². The summed E-state index contributed by atoms with van der Waals surface area (Å²) in [6.07, 6.45) is 0. The fourth-order valence-electron chi connectivity index (χ4n) is 4.32. The first-order chi connectivity index (χ1) is 15.9. The highest BCUT2D eigenvalue weighted by Gasteiger charge is 2.22. The van der Waals surface area contributed by atoms with E-state index in [4.69, 9.17) is 9.72 Å². The van der Waals surface area contributed by atoms with Gasteiger partial charge in [0.05, 0.1) is 20.2 Å². The molecule has 168 valence electrons. The molecule has 0 aliphatic carbocycles. The zero-order valence-corrected chi connectivity index (χ0v) is 19.1. The summed E-state index contributed by atoms with van der Waals surface area (Å²) in [6.45, 7) is 4.78. The van der Waals surface area contributed by atoms with Crippen molar-refractivity contribution < 1.29 is 4.74 Å². The third-order valence-electron chi connectivity index (χ3n) is 6.31. The van der Waals surface area contributed by atoms with Gasteiger partial charge in [-0.25, -0.2) is 4.79 Å². The topological polar surface area (TPSA) is 75.5 Å². The summed E-state index contributed by atoms with van der Waals surface area (Å²) in [6, 6.07) is 17.4. The Morgan fingerprint density at radius 2 is 1.48 bits per heavy atom. The molecule has 3 heterocycles. The Labute approximate surface area is 189 Å². The summed E-state index contributed by atoms with van der Waals surface area (Å²) in [7, 11) is 3.30. The normalized spacial score (nSPS) is 11.5. The number of methoxy groups -OCH3 is 1.